The van der Waals surface area contributed by atoms with Gasteiger partial charge in [0.2, 0.25) is 0 Å². The molecule has 1 aromatic carbocycles. The number of aromatic nitrogens is 2. The van der Waals surface area contributed by atoms with E-state index in [-0.39, 0.29) is 0 Å². The molecule has 1 heterocycles. The van der Waals surface area contributed by atoms with Gasteiger partial charge in [0.05, 0.1) is 19.3 Å². The monoisotopic (exact) mass is 257 g/mol. The van der Waals surface area contributed by atoms with Crippen molar-refractivity contribution in [3.63, 3.8) is 0 Å². The average molecular weight is 257 g/mol. The Morgan fingerprint density at radius 2 is 2.26 bits per heavy atom. The Kier molecular flexibility index (Phi) is 3.25. The van der Waals surface area contributed by atoms with Gasteiger partial charge < -0.3 is 15.0 Å². The van der Waals surface area contributed by atoms with E-state index in [2.05, 4.69) is 28.3 Å². The zero-order chi connectivity index (χ0) is 13.2. The highest BCUT2D eigenvalue weighted by Gasteiger charge is 2.20. The fourth-order valence-corrected chi connectivity index (χ4v) is 2.19. The minimum absolute atomic E-state index is 0.700. The van der Waals surface area contributed by atoms with E-state index in [4.69, 9.17) is 4.74 Å². The van der Waals surface area contributed by atoms with Crippen LogP contribution in [0.25, 0.3) is 11.3 Å². The molecule has 0 radical (unpaired) electrons. The molecule has 1 saturated carbocycles. The molecule has 4 nitrogen and oxygen atoms in total. The lowest BCUT2D eigenvalue weighted by molar-refractivity contribution is 0.415. The predicted molar refractivity (Wildman–Crippen MR) is 75.2 cm³/mol. The maximum Gasteiger partial charge on any atom is 0.121 e. The Morgan fingerprint density at radius 1 is 1.42 bits per heavy atom. The number of H-pyrrole nitrogens is 1. The molecule has 0 atom stereocenters. The molecule has 1 fully saturated rings. The van der Waals surface area contributed by atoms with E-state index >= 15 is 0 Å². The van der Waals surface area contributed by atoms with Crippen molar-refractivity contribution in [1.82, 2.24) is 15.3 Å². The first-order valence-corrected chi connectivity index (χ1v) is 6.69. The number of nitrogens with zero attached hydrogens (tertiary/aromatic N) is 1. The highest BCUT2D eigenvalue weighted by molar-refractivity contribution is 5.63. The quantitative estimate of drug-likeness (QED) is 0.865. The molecule has 4 heteroatoms. The fraction of sp³-hybridized carbons (Fsp3) is 0.400. The SMILES string of the molecule is COc1cccc(-c2nc(CNC3CC3)[nH]c2C)c1. The molecular weight excluding hydrogens is 238 g/mol. The number of aromatic amines is 1. The number of rotatable bonds is 5. The zero-order valence-corrected chi connectivity index (χ0v) is 11.4. The maximum absolute atomic E-state index is 5.26. The summed E-state index contributed by atoms with van der Waals surface area (Å²) in [6, 6.07) is 8.71. The summed E-state index contributed by atoms with van der Waals surface area (Å²) in [6.45, 7) is 2.87. The Bertz CT molecular complexity index is 573. The molecule has 0 amide bonds. The third-order valence-corrected chi connectivity index (χ3v) is 3.41. The van der Waals surface area contributed by atoms with Crippen molar-refractivity contribution >= 4 is 0 Å². The third kappa shape index (κ3) is 2.79. The number of imidazole rings is 1. The Balaban J connectivity index is 1.82. The Morgan fingerprint density at radius 3 is 3.00 bits per heavy atom. The number of hydrogen-bond donors (Lipinski definition) is 2. The molecular formula is C15H19N3O. The normalized spacial score (nSPS) is 14.6. The summed E-state index contributed by atoms with van der Waals surface area (Å²) in [5.41, 5.74) is 3.19. The average Bonchev–Trinajstić information content (AvgIpc) is 3.19. The van der Waals surface area contributed by atoms with Crippen molar-refractivity contribution in [1.29, 1.82) is 0 Å². The summed E-state index contributed by atoms with van der Waals surface area (Å²) in [7, 11) is 1.68. The van der Waals surface area contributed by atoms with E-state index < -0.39 is 0 Å². The van der Waals surface area contributed by atoms with Gasteiger partial charge in [0, 0.05) is 17.3 Å². The van der Waals surface area contributed by atoms with E-state index in [9.17, 15) is 0 Å². The van der Waals surface area contributed by atoms with Crippen LogP contribution in [0, 0.1) is 6.92 Å². The van der Waals surface area contributed by atoms with Gasteiger partial charge in [0.25, 0.3) is 0 Å². The van der Waals surface area contributed by atoms with E-state index in [1.807, 2.05) is 18.2 Å². The van der Waals surface area contributed by atoms with Crippen LogP contribution in [0.2, 0.25) is 0 Å². The molecule has 19 heavy (non-hydrogen) atoms. The molecule has 1 aromatic heterocycles. The molecule has 0 spiro atoms. The van der Waals surface area contributed by atoms with Crippen molar-refractivity contribution in [2.75, 3.05) is 7.11 Å². The number of nitrogens with one attached hydrogen (secondary N) is 2. The predicted octanol–water partition coefficient (Wildman–Crippen LogP) is 2.65. The van der Waals surface area contributed by atoms with Crippen LogP contribution in [0.5, 0.6) is 5.75 Å². The lowest BCUT2D eigenvalue weighted by Crippen LogP contribution is -2.16. The van der Waals surface area contributed by atoms with Crippen LogP contribution in [-0.2, 0) is 6.54 Å². The fourth-order valence-electron chi connectivity index (χ4n) is 2.19. The summed E-state index contributed by atoms with van der Waals surface area (Å²) in [6.07, 6.45) is 2.59. The lowest BCUT2D eigenvalue weighted by Gasteiger charge is -2.02. The van der Waals surface area contributed by atoms with Crippen molar-refractivity contribution in [2.45, 2.75) is 32.4 Å². The van der Waals surface area contributed by atoms with E-state index in [0.29, 0.717) is 6.04 Å². The Labute approximate surface area is 113 Å². The highest BCUT2D eigenvalue weighted by atomic mass is 16.5. The van der Waals surface area contributed by atoms with Gasteiger partial charge in [0.15, 0.2) is 0 Å². The first kappa shape index (κ1) is 12.2. The topological polar surface area (TPSA) is 49.9 Å². The van der Waals surface area contributed by atoms with Gasteiger partial charge >= 0.3 is 0 Å². The van der Waals surface area contributed by atoms with Gasteiger partial charge in [-0.3, -0.25) is 0 Å². The van der Waals surface area contributed by atoms with E-state index in [1.54, 1.807) is 7.11 Å². The van der Waals surface area contributed by atoms with Crippen LogP contribution in [-0.4, -0.2) is 23.1 Å². The second-order valence-electron chi connectivity index (χ2n) is 5.04. The van der Waals surface area contributed by atoms with Gasteiger partial charge in [0.1, 0.15) is 11.6 Å². The standard InChI is InChI=1S/C15H19N3O/c1-10-15(11-4-3-5-13(8-11)19-2)18-14(17-10)9-16-12-6-7-12/h3-5,8,12,16H,6-7,9H2,1-2H3,(H,17,18). The number of benzene rings is 1. The molecule has 1 aliphatic carbocycles. The molecule has 0 saturated heterocycles. The highest BCUT2D eigenvalue weighted by Crippen LogP contribution is 2.25. The summed E-state index contributed by atoms with van der Waals surface area (Å²) in [5.74, 6) is 1.86. The van der Waals surface area contributed by atoms with E-state index in [1.165, 1.54) is 12.8 Å². The van der Waals surface area contributed by atoms with Gasteiger partial charge in [-0.15, -0.1) is 0 Å². The molecule has 0 aliphatic heterocycles. The molecule has 100 valence electrons. The molecule has 2 aromatic rings. The third-order valence-electron chi connectivity index (χ3n) is 3.41. The number of methoxy groups -OCH3 is 1. The van der Waals surface area contributed by atoms with Crippen molar-refractivity contribution in [3.05, 3.63) is 35.8 Å². The lowest BCUT2D eigenvalue weighted by atomic mass is 10.1. The number of hydrogen-bond acceptors (Lipinski definition) is 3. The summed E-state index contributed by atoms with van der Waals surface area (Å²) in [4.78, 5) is 8.03. The van der Waals surface area contributed by atoms with E-state index in [0.717, 1.165) is 35.1 Å². The van der Waals surface area contributed by atoms with Crippen LogP contribution in [0.15, 0.2) is 24.3 Å². The Hall–Kier alpha value is -1.81. The molecule has 1 aliphatic rings. The molecule has 0 bridgehead atoms. The smallest absolute Gasteiger partial charge is 0.121 e. The minimum atomic E-state index is 0.700. The maximum atomic E-state index is 5.26. The minimum Gasteiger partial charge on any atom is -0.497 e. The number of ether oxygens (including phenoxy) is 1. The summed E-state index contributed by atoms with van der Waals surface area (Å²) in [5, 5.41) is 3.47. The first-order chi connectivity index (χ1) is 9.26. The molecule has 2 N–H and O–H groups in total. The van der Waals surface area contributed by atoms with Crippen LogP contribution >= 0.6 is 0 Å². The van der Waals surface area contributed by atoms with Crippen molar-refractivity contribution in [3.8, 4) is 17.0 Å². The van der Waals surface area contributed by atoms with Gasteiger partial charge in [-0.05, 0) is 31.9 Å². The van der Waals surface area contributed by atoms with Gasteiger partial charge in [-0.1, -0.05) is 12.1 Å². The largest absolute Gasteiger partial charge is 0.497 e. The second kappa shape index (κ2) is 5.05. The van der Waals surface area contributed by atoms with Gasteiger partial charge in [-0.2, -0.15) is 0 Å². The zero-order valence-electron chi connectivity index (χ0n) is 11.4. The number of aryl methyl sites for hydroxylation is 1. The molecule has 3 rings (SSSR count). The van der Waals surface area contributed by atoms with Crippen LogP contribution in [0.4, 0.5) is 0 Å². The van der Waals surface area contributed by atoms with Crippen molar-refractivity contribution < 1.29 is 4.74 Å². The van der Waals surface area contributed by atoms with Gasteiger partial charge in [-0.25, -0.2) is 4.98 Å². The summed E-state index contributed by atoms with van der Waals surface area (Å²) < 4.78 is 5.26. The molecule has 0 unspecified atom stereocenters. The van der Waals surface area contributed by atoms with Crippen molar-refractivity contribution in [2.24, 2.45) is 0 Å². The van der Waals surface area contributed by atoms with Crippen LogP contribution < -0.4 is 10.1 Å². The summed E-state index contributed by atoms with van der Waals surface area (Å²) >= 11 is 0. The second-order valence-corrected chi connectivity index (χ2v) is 5.04. The van der Waals surface area contributed by atoms with Crippen LogP contribution in [0.3, 0.4) is 0 Å². The van der Waals surface area contributed by atoms with Crippen LogP contribution in [0.1, 0.15) is 24.4 Å². The first-order valence-electron chi connectivity index (χ1n) is 6.69.